The van der Waals surface area contributed by atoms with Gasteiger partial charge in [0.25, 0.3) is 5.91 Å². The lowest BCUT2D eigenvalue weighted by atomic mass is 10.2. The third-order valence-corrected chi connectivity index (χ3v) is 4.95. The van der Waals surface area contributed by atoms with Crippen LogP contribution >= 0.6 is 15.9 Å². The van der Waals surface area contributed by atoms with E-state index in [1.54, 1.807) is 37.3 Å². The van der Waals surface area contributed by atoms with E-state index in [1.165, 1.54) is 6.07 Å². The van der Waals surface area contributed by atoms with Crippen LogP contribution in [0.2, 0.25) is 0 Å². The van der Waals surface area contributed by atoms with E-state index in [1.807, 2.05) is 6.07 Å². The van der Waals surface area contributed by atoms with Gasteiger partial charge in [0.1, 0.15) is 22.8 Å². The SMILES string of the molecule is Cc1oc2cc(OCC(=O)NCCCC(=O)O)ccc2c(=O)c1Oc1ccccc1Br. The number of para-hydroxylation sites is 1. The molecule has 0 aliphatic carbocycles. The third-order valence-electron chi connectivity index (χ3n) is 4.29. The zero-order chi connectivity index (χ0) is 22.4. The van der Waals surface area contributed by atoms with Crippen molar-refractivity contribution in [3.05, 3.63) is 62.9 Å². The summed E-state index contributed by atoms with van der Waals surface area (Å²) in [4.78, 5) is 35.1. The van der Waals surface area contributed by atoms with Gasteiger partial charge in [0.05, 0.1) is 9.86 Å². The Kier molecular flexibility index (Phi) is 7.30. The fourth-order valence-corrected chi connectivity index (χ4v) is 3.15. The maximum absolute atomic E-state index is 12.9. The van der Waals surface area contributed by atoms with E-state index in [0.717, 1.165) is 0 Å². The Balaban J connectivity index is 1.70. The van der Waals surface area contributed by atoms with Gasteiger partial charge in [-0.1, -0.05) is 12.1 Å². The second-order valence-electron chi connectivity index (χ2n) is 6.64. The van der Waals surface area contributed by atoms with Crippen molar-refractivity contribution in [2.24, 2.45) is 0 Å². The number of hydrogen-bond donors (Lipinski definition) is 2. The summed E-state index contributed by atoms with van der Waals surface area (Å²) in [5.74, 6) is -0.0409. The van der Waals surface area contributed by atoms with Gasteiger partial charge in [-0.3, -0.25) is 14.4 Å². The second kappa shape index (κ2) is 10.1. The van der Waals surface area contributed by atoms with Crippen LogP contribution in [0.25, 0.3) is 11.0 Å². The van der Waals surface area contributed by atoms with Crippen LogP contribution in [-0.2, 0) is 9.59 Å². The van der Waals surface area contributed by atoms with Gasteiger partial charge in [-0.2, -0.15) is 0 Å². The number of benzene rings is 2. The Morgan fingerprint density at radius 1 is 1.19 bits per heavy atom. The summed E-state index contributed by atoms with van der Waals surface area (Å²) in [5.41, 5.74) is -0.0152. The Labute approximate surface area is 185 Å². The normalized spacial score (nSPS) is 10.6. The Morgan fingerprint density at radius 3 is 2.71 bits per heavy atom. The van der Waals surface area contributed by atoms with Crippen molar-refractivity contribution in [3.63, 3.8) is 0 Å². The molecule has 0 aliphatic heterocycles. The molecule has 2 aromatic carbocycles. The fraction of sp³-hybridized carbons (Fsp3) is 0.227. The van der Waals surface area contributed by atoms with E-state index in [9.17, 15) is 14.4 Å². The second-order valence-corrected chi connectivity index (χ2v) is 7.50. The Hall–Kier alpha value is -3.33. The molecule has 0 fully saturated rings. The molecular weight excluding hydrogens is 470 g/mol. The molecule has 162 valence electrons. The number of aliphatic carboxylic acids is 1. The van der Waals surface area contributed by atoms with Gasteiger partial charge >= 0.3 is 5.97 Å². The molecule has 8 nitrogen and oxygen atoms in total. The summed E-state index contributed by atoms with van der Waals surface area (Å²) < 4.78 is 17.7. The molecule has 0 bridgehead atoms. The maximum Gasteiger partial charge on any atom is 0.303 e. The van der Waals surface area contributed by atoms with Gasteiger partial charge in [0.2, 0.25) is 11.2 Å². The zero-order valence-electron chi connectivity index (χ0n) is 16.6. The molecule has 2 N–H and O–H groups in total. The van der Waals surface area contributed by atoms with Crippen molar-refractivity contribution in [3.8, 4) is 17.2 Å². The van der Waals surface area contributed by atoms with Crippen LogP contribution in [0.15, 0.2) is 56.1 Å². The molecule has 9 heteroatoms. The van der Waals surface area contributed by atoms with Crippen molar-refractivity contribution >= 4 is 38.8 Å². The van der Waals surface area contributed by atoms with E-state index in [4.69, 9.17) is 19.0 Å². The number of amides is 1. The summed E-state index contributed by atoms with van der Waals surface area (Å²) in [6, 6.07) is 11.8. The van der Waals surface area contributed by atoms with E-state index in [2.05, 4.69) is 21.2 Å². The lowest BCUT2D eigenvalue weighted by Gasteiger charge is -2.11. The lowest BCUT2D eigenvalue weighted by Crippen LogP contribution is -2.29. The molecule has 1 heterocycles. The van der Waals surface area contributed by atoms with Gasteiger partial charge in [-0.25, -0.2) is 0 Å². The third kappa shape index (κ3) is 5.85. The number of ether oxygens (including phenoxy) is 2. The maximum atomic E-state index is 12.9. The number of nitrogens with one attached hydrogen (secondary N) is 1. The van der Waals surface area contributed by atoms with Crippen molar-refractivity contribution in [1.82, 2.24) is 5.32 Å². The van der Waals surface area contributed by atoms with E-state index < -0.39 is 5.97 Å². The minimum Gasteiger partial charge on any atom is -0.484 e. The van der Waals surface area contributed by atoms with E-state index >= 15 is 0 Å². The number of hydrogen-bond acceptors (Lipinski definition) is 6. The van der Waals surface area contributed by atoms with Crippen molar-refractivity contribution in [2.45, 2.75) is 19.8 Å². The summed E-state index contributed by atoms with van der Waals surface area (Å²) >= 11 is 3.38. The summed E-state index contributed by atoms with van der Waals surface area (Å²) in [6.07, 6.45) is 0.322. The fourth-order valence-electron chi connectivity index (χ4n) is 2.78. The number of fused-ring (bicyclic) bond motifs is 1. The average molecular weight is 490 g/mol. The number of carboxylic acid groups (broad SMARTS) is 1. The molecular formula is C22H20BrNO7. The monoisotopic (exact) mass is 489 g/mol. The molecule has 0 unspecified atom stereocenters. The van der Waals surface area contributed by atoms with Crippen LogP contribution < -0.4 is 20.2 Å². The minimum absolute atomic E-state index is 0.0167. The summed E-state index contributed by atoms with van der Waals surface area (Å²) in [6.45, 7) is 1.64. The Bertz CT molecular complexity index is 1170. The highest BCUT2D eigenvalue weighted by Gasteiger charge is 2.16. The van der Waals surface area contributed by atoms with Gasteiger partial charge in [0.15, 0.2) is 6.61 Å². The molecule has 0 spiro atoms. The highest BCUT2D eigenvalue weighted by molar-refractivity contribution is 9.10. The lowest BCUT2D eigenvalue weighted by molar-refractivity contribution is -0.137. The number of aryl methyl sites for hydroxylation is 1. The first-order valence-electron chi connectivity index (χ1n) is 9.46. The summed E-state index contributed by atoms with van der Waals surface area (Å²) in [7, 11) is 0. The molecule has 3 aromatic rings. The zero-order valence-corrected chi connectivity index (χ0v) is 18.2. The highest BCUT2D eigenvalue weighted by atomic mass is 79.9. The molecule has 0 saturated heterocycles. The highest BCUT2D eigenvalue weighted by Crippen LogP contribution is 2.31. The predicted octanol–water partition coefficient (Wildman–Crippen LogP) is 4.02. The van der Waals surface area contributed by atoms with Crippen LogP contribution in [0.3, 0.4) is 0 Å². The number of halogens is 1. The Morgan fingerprint density at radius 2 is 1.97 bits per heavy atom. The number of carbonyl (C=O) groups excluding carboxylic acids is 1. The molecule has 3 rings (SSSR count). The standard InChI is InChI=1S/C22H20BrNO7/c1-13-22(31-17-6-3-2-5-16(17)23)21(28)15-9-8-14(11-18(15)30-13)29-12-19(25)24-10-4-7-20(26)27/h2-3,5-6,8-9,11H,4,7,10,12H2,1H3,(H,24,25)(H,26,27). The molecule has 0 atom stereocenters. The number of carbonyl (C=O) groups is 2. The number of carboxylic acids is 1. The minimum atomic E-state index is -0.914. The van der Waals surface area contributed by atoms with E-state index in [0.29, 0.717) is 39.1 Å². The van der Waals surface area contributed by atoms with Crippen LogP contribution in [0.4, 0.5) is 0 Å². The topological polar surface area (TPSA) is 115 Å². The van der Waals surface area contributed by atoms with Crippen LogP contribution in [0.1, 0.15) is 18.6 Å². The quantitative estimate of drug-likeness (QED) is 0.436. The molecule has 31 heavy (non-hydrogen) atoms. The largest absolute Gasteiger partial charge is 0.484 e. The van der Waals surface area contributed by atoms with Crippen molar-refractivity contribution in [2.75, 3.05) is 13.2 Å². The molecule has 1 amide bonds. The van der Waals surface area contributed by atoms with E-state index in [-0.39, 0.29) is 36.7 Å². The summed E-state index contributed by atoms with van der Waals surface area (Å²) in [5, 5.41) is 11.5. The first-order chi connectivity index (χ1) is 14.8. The first-order valence-corrected chi connectivity index (χ1v) is 10.3. The van der Waals surface area contributed by atoms with Gasteiger partial charge in [-0.15, -0.1) is 0 Å². The molecule has 1 aromatic heterocycles. The van der Waals surface area contributed by atoms with Crippen LogP contribution in [-0.4, -0.2) is 30.1 Å². The molecule has 0 radical (unpaired) electrons. The smallest absolute Gasteiger partial charge is 0.303 e. The number of rotatable bonds is 9. The predicted molar refractivity (Wildman–Crippen MR) is 117 cm³/mol. The first kappa shape index (κ1) is 22.4. The average Bonchev–Trinajstić information content (AvgIpc) is 2.73. The molecule has 0 aliphatic rings. The van der Waals surface area contributed by atoms with Crippen molar-refractivity contribution < 1.29 is 28.6 Å². The van der Waals surface area contributed by atoms with Gasteiger partial charge in [0, 0.05) is 19.0 Å². The van der Waals surface area contributed by atoms with Crippen molar-refractivity contribution in [1.29, 1.82) is 0 Å². The van der Waals surface area contributed by atoms with Gasteiger partial charge in [-0.05, 0) is 53.5 Å². The van der Waals surface area contributed by atoms with Crippen LogP contribution in [0.5, 0.6) is 17.2 Å². The van der Waals surface area contributed by atoms with Gasteiger partial charge < -0.3 is 24.3 Å². The van der Waals surface area contributed by atoms with Crippen LogP contribution in [0, 0.1) is 6.92 Å². The molecule has 0 saturated carbocycles.